The van der Waals surface area contributed by atoms with E-state index in [0.29, 0.717) is 19.4 Å². The number of hydrogen-bond donors (Lipinski definition) is 0. The van der Waals surface area contributed by atoms with Gasteiger partial charge in [0.15, 0.2) is 0 Å². The number of carbonyl (C=O) groups excluding carboxylic acids is 1. The first kappa shape index (κ1) is 16.7. The van der Waals surface area contributed by atoms with E-state index in [4.69, 9.17) is 0 Å². The van der Waals surface area contributed by atoms with Crippen molar-refractivity contribution in [1.29, 1.82) is 0 Å². The van der Waals surface area contributed by atoms with Gasteiger partial charge in [-0.05, 0) is 18.4 Å². The van der Waals surface area contributed by atoms with Crippen LogP contribution in [0.25, 0.3) is 0 Å². The number of benzene rings is 1. The summed E-state index contributed by atoms with van der Waals surface area (Å²) in [4.78, 5) is 11.3. The molecule has 1 rings (SSSR count). The summed E-state index contributed by atoms with van der Waals surface area (Å²) in [6, 6.07) is 9.42. The highest BCUT2D eigenvalue weighted by Crippen LogP contribution is 2.08. The highest BCUT2D eigenvalue weighted by atomic mass is 32.2. The van der Waals surface area contributed by atoms with E-state index in [1.807, 2.05) is 37.3 Å². The molecule has 0 aliphatic carbocycles. The normalized spacial score (nSPS) is 11.6. The smallest absolute Gasteiger partial charge is 0.321 e. The number of esters is 1. The third-order valence-electron chi connectivity index (χ3n) is 2.89. The summed E-state index contributed by atoms with van der Waals surface area (Å²) in [5.41, 5.74) is 0.964. The number of ether oxygens (including phenoxy) is 1. The lowest BCUT2D eigenvalue weighted by Gasteiger charge is -2.20. The number of rotatable bonds is 8. The first-order valence-corrected chi connectivity index (χ1v) is 8.19. The van der Waals surface area contributed by atoms with E-state index in [2.05, 4.69) is 4.74 Å². The maximum atomic E-state index is 12.3. The number of sulfonamides is 1. The number of aryl methyl sites for hydroxylation is 1. The van der Waals surface area contributed by atoms with Gasteiger partial charge in [-0.2, -0.15) is 4.31 Å². The summed E-state index contributed by atoms with van der Waals surface area (Å²) >= 11 is 0. The fourth-order valence-corrected chi connectivity index (χ4v) is 3.31. The van der Waals surface area contributed by atoms with Crippen molar-refractivity contribution >= 4 is 16.0 Å². The Morgan fingerprint density at radius 1 is 1.25 bits per heavy atom. The van der Waals surface area contributed by atoms with Crippen LogP contribution >= 0.6 is 0 Å². The largest absolute Gasteiger partial charge is 0.468 e. The Labute approximate surface area is 120 Å². The van der Waals surface area contributed by atoms with Crippen LogP contribution in [-0.4, -0.2) is 44.6 Å². The average Bonchev–Trinajstić information content (AvgIpc) is 2.45. The van der Waals surface area contributed by atoms with Crippen LogP contribution in [0.4, 0.5) is 0 Å². The molecule has 5 nitrogen and oxygen atoms in total. The van der Waals surface area contributed by atoms with Crippen molar-refractivity contribution < 1.29 is 17.9 Å². The van der Waals surface area contributed by atoms with Gasteiger partial charge in [0, 0.05) is 6.54 Å². The van der Waals surface area contributed by atoms with Gasteiger partial charge >= 0.3 is 5.97 Å². The van der Waals surface area contributed by atoms with Crippen LogP contribution in [0, 0.1) is 0 Å². The van der Waals surface area contributed by atoms with Crippen molar-refractivity contribution in [2.75, 3.05) is 26.0 Å². The van der Waals surface area contributed by atoms with E-state index >= 15 is 0 Å². The standard InChI is InChI=1S/C14H21NO4S/c1-3-10-15(12-14(16)19-2)20(17,18)11-9-13-7-5-4-6-8-13/h4-8H,3,9-12H2,1-2H3. The maximum Gasteiger partial charge on any atom is 0.321 e. The molecule has 0 spiro atoms. The summed E-state index contributed by atoms with van der Waals surface area (Å²) in [5.74, 6) is -0.546. The van der Waals surface area contributed by atoms with Crippen LogP contribution in [0.5, 0.6) is 0 Å². The molecule has 0 N–H and O–H groups in total. The average molecular weight is 299 g/mol. The second-order valence-corrected chi connectivity index (χ2v) is 6.55. The predicted molar refractivity (Wildman–Crippen MR) is 77.8 cm³/mol. The van der Waals surface area contributed by atoms with Gasteiger partial charge in [0.1, 0.15) is 6.54 Å². The van der Waals surface area contributed by atoms with Gasteiger partial charge in [0.05, 0.1) is 12.9 Å². The molecule has 1 aromatic rings. The Hall–Kier alpha value is -1.40. The fourth-order valence-electron chi connectivity index (χ4n) is 1.80. The van der Waals surface area contributed by atoms with Crippen molar-refractivity contribution in [3.8, 4) is 0 Å². The van der Waals surface area contributed by atoms with Crippen LogP contribution in [0.3, 0.4) is 0 Å². The molecule has 0 aliphatic rings. The molecule has 0 aromatic heterocycles. The Bertz CT molecular complexity index is 513. The zero-order valence-corrected chi connectivity index (χ0v) is 12.7. The molecule has 0 atom stereocenters. The quantitative estimate of drug-likeness (QED) is 0.681. The number of methoxy groups -OCH3 is 1. The highest BCUT2D eigenvalue weighted by molar-refractivity contribution is 7.89. The Balaban J connectivity index is 2.70. The fraction of sp³-hybridized carbons (Fsp3) is 0.500. The van der Waals surface area contributed by atoms with Gasteiger partial charge in [-0.25, -0.2) is 8.42 Å². The summed E-state index contributed by atoms with van der Waals surface area (Å²) in [6.07, 6.45) is 1.09. The highest BCUT2D eigenvalue weighted by Gasteiger charge is 2.23. The third-order valence-corrected chi connectivity index (χ3v) is 4.71. The van der Waals surface area contributed by atoms with E-state index in [9.17, 15) is 13.2 Å². The van der Waals surface area contributed by atoms with E-state index in [0.717, 1.165) is 5.56 Å². The zero-order valence-electron chi connectivity index (χ0n) is 11.9. The van der Waals surface area contributed by atoms with E-state index in [-0.39, 0.29) is 12.3 Å². The van der Waals surface area contributed by atoms with Gasteiger partial charge in [-0.3, -0.25) is 4.79 Å². The van der Waals surface area contributed by atoms with Crippen molar-refractivity contribution in [3.63, 3.8) is 0 Å². The predicted octanol–water partition coefficient (Wildman–Crippen LogP) is 1.44. The molecular formula is C14H21NO4S. The third kappa shape index (κ3) is 5.30. The van der Waals surface area contributed by atoms with Crippen LogP contribution in [0.1, 0.15) is 18.9 Å². The Morgan fingerprint density at radius 2 is 1.90 bits per heavy atom. The molecule has 0 bridgehead atoms. The second kappa shape index (κ2) is 8.01. The minimum absolute atomic E-state index is 0.00594. The van der Waals surface area contributed by atoms with Crippen molar-refractivity contribution in [2.24, 2.45) is 0 Å². The minimum atomic E-state index is -3.46. The van der Waals surface area contributed by atoms with E-state index in [1.165, 1.54) is 11.4 Å². The molecule has 0 saturated heterocycles. The molecule has 20 heavy (non-hydrogen) atoms. The topological polar surface area (TPSA) is 63.7 Å². The molecule has 1 aromatic carbocycles. The van der Waals surface area contributed by atoms with E-state index < -0.39 is 16.0 Å². The molecular weight excluding hydrogens is 278 g/mol. The van der Waals surface area contributed by atoms with Crippen LogP contribution in [-0.2, 0) is 26.0 Å². The first-order chi connectivity index (χ1) is 9.49. The van der Waals surface area contributed by atoms with Crippen LogP contribution < -0.4 is 0 Å². The Kier molecular flexibility index (Phi) is 6.67. The molecule has 112 valence electrons. The van der Waals surface area contributed by atoms with Gasteiger partial charge < -0.3 is 4.74 Å². The van der Waals surface area contributed by atoms with Crippen molar-refractivity contribution in [1.82, 2.24) is 4.31 Å². The summed E-state index contributed by atoms with van der Waals surface area (Å²) in [7, 11) is -2.20. The van der Waals surface area contributed by atoms with Gasteiger partial charge in [0.25, 0.3) is 0 Å². The molecule has 0 fully saturated rings. The monoisotopic (exact) mass is 299 g/mol. The van der Waals surface area contributed by atoms with Crippen molar-refractivity contribution in [2.45, 2.75) is 19.8 Å². The SMILES string of the molecule is CCCN(CC(=O)OC)S(=O)(=O)CCc1ccccc1. The molecule has 0 aliphatic heterocycles. The number of nitrogens with zero attached hydrogens (tertiary/aromatic N) is 1. The molecule has 0 amide bonds. The number of carbonyl (C=O) groups is 1. The lowest BCUT2D eigenvalue weighted by atomic mass is 10.2. The van der Waals surface area contributed by atoms with E-state index in [1.54, 1.807) is 0 Å². The number of hydrogen-bond acceptors (Lipinski definition) is 4. The Morgan fingerprint density at radius 3 is 2.45 bits per heavy atom. The lowest BCUT2D eigenvalue weighted by Crippen LogP contribution is -2.38. The molecule has 0 radical (unpaired) electrons. The summed E-state index contributed by atoms with van der Waals surface area (Å²) in [6.45, 7) is 1.98. The minimum Gasteiger partial charge on any atom is -0.468 e. The molecule has 0 unspecified atom stereocenters. The molecule has 6 heteroatoms. The molecule has 0 heterocycles. The van der Waals surface area contributed by atoms with Gasteiger partial charge in [-0.1, -0.05) is 37.3 Å². The van der Waals surface area contributed by atoms with Gasteiger partial charge in [0.2, 0.25) is 10.0 Å². The summed E-state index contributed by atoms with van der Waals surface area (Å²) < 4.78 is 30.3. The second-order valence-electron chi connectivity index (χ2n) is 4.46. The van der Waals surface area contributed by atoms with Crippen LogP contribution in [0.15, 0.2) is 30.3 Å². The molecule has 0 saturated carbocycles. The van der Waals surface area contributed by atoms with Gasteiger partial charge in [-0.15, -0.1) is 0 Å². The summed E-state index contributed by atoms with van der Waals surface area (Å²) in [5, 5.41) is 0. The maximum absolute atomic E-state index is 12.3. The van der Waals surface area contributed by atoms with Crippen molar-refractivity contribution in [3.05, 3.63) is 35.9 Å². The zero-order chi connectivity index (χ0) is 15.0. The van der Waals surface area contributed by atoms with Crippen LogP contribution in [0.2, 0.25) is 0 Å². The first-order valence-electron chi connectivity index (χ1n) is 6.58. The lowest BCUT2D eigenvalue weighted by molar-refractivity contribution is -0.140.